The van der Waals surface area contributed by atoms with E-state index in [1.165, 1.54) is 0 Å². The number of amides is 1. The van der Waals surface area contributed by atoms with E-state index in [-0.39, 0.29) is 5.91 Å². The topological polar surface area (TPSA) is 46.9 Å². The van der Waals surface area contributed by atoms with Gasteiger partial charge in [-0.05, 0) is 32.4 Å². The first-order valence-electron chi connectivity index (χ1n) is 7.94. The molecule has 0 saturated carbocycles. The molecule has 0 spiro atoms. The van der Waals surface area contributed by atoms with Crippen LogP contribution in [0.1, 0.15) is 22.0 Å². The molecule has 2 aromatic heterocycles. The quantitative estimate of drug-likeness (QED) is 0.767. The summed E-state index contributed by atoms with van der Waals surface area (Å²) >= 11 is 1.64. The first-order chi connectivity index (χ1) is 11.5. The lowest BCUT2D eigenvalue weighted by atomic mass is 10.2. The minimum atomic E-state index is 0.0154. The number of rotatable bonds is 5. The van der Waals surface area contributed by atoms with Gasteiger partial charge in [0, 0.05) is 28.9 Å². The van der Waals surface area contributed by atoms with E-state index < -0.39 is 0 Å². The largest absolute Gasteiger partial charge is 0.350 e. The van der Waals surface area contributed by atoms with Gasteiger partial charge in [0.15, 0.2) is 0 Å². The third-order valence-electron chi connectivity index (χ3n) is 4.10. The summed E-state index contributed by atoms with van der Waals surface area (Å²) in [6.07, 6.45) is 0. The minimum absolute atomic E-state index is 0.0154. The van der Waals surface area contributed by atoms with Crippen molar-refractivity contribution in [2.45, 2.75) is 33.9 Å². The molecule has 124 valence electrons. The Hall–Kier alpha value is -2.40. The van der Waals surface area contributed by atoms with Crippen molar-refractivity contribution in [1.82, 2.24) is 14.9 Å². The van der Waals surface area contributed by atoms with Crippen molar-refractivity contribution in [3.05, 3.63) is 63.7 Å². The lowest BCUT2D eigenvalue weighted by Crippen LogP contribution is -2.27. The second kappa shape index (κ2) is 7.01. The molecule has 0 radical (unpaired) electrons. The van der Waals surface area contributed by atoms with E-state index >= 15 is 0 Å². The SMILES string of the molecule is Cc1nc(-c2cc(C)n(CC(=O)NCc3ccccc3)c2C)cs1. The minimum Gasteiger partial charge on any atom is -0.350 e. The molecule has 1 N–H and O–H groups in total. The third kappa shape index (κ3) is 3.57. The number of hydrogen-bond donors (Lipinski definition) is 1. The van der Waals surface area contributed by atoms with Crippen molar-refractivity contribution in [1.29, 1.82) is 0 Å². The molecule has 0 bridgehead atoms. The van der Waals surface area contributed by atoms with Gasteiger partial charge in [0.1, 0.15) is 6.54 Å². The molecular formula is C19H21N3OS. The first-order valence-corrected chi connectivity index (χ1v) is 8.82. The highest BCUT2D eigenvalue weighted by atomic mass is 32.1. The average molecular weight is 339 g/mol. The maximum Gasteiger partial charge on any atom is 0.240 e. The standard InChI is InChI=1S/C19H21N3OS/c1-13-9-17(18-12-24-15(3)21-18)14(2)22(13)11-19(23)20-10-16-7-5-4-6-8-16/h4-9,12H,10-11H2,1-3H3,(H,20,23). The van der Waals surface area contributed by atoms with Crippen LogP contribution in [-0.2, 0) is 17.9 Å². The predicted octanol–water partition coefficient (Wildman–Crippen LogP) is 3.85. The number of nitrogens with one attached hydrogen (secondary N) is 1. The van der Waals surface area contributed by atoms with Gasteiger partial charge < -0.3 is 9.88 Å². The monoisotopic (exact) mass is 339 g/mol. The second-order valence-electron chi connectivity index (χ2n) is 5.89. The van der Waals surface area contributed by atoms with Crippen molar-refractivity contribution in [3.8, 4) is 11.3 Å². The van der Waals surface area contributed by atoms with Crippen LogP contribution in [0.3, 0.4) is 0 Å². The van der Waals surface area contributed by atoms with Crippen LogP contribution >= 0.6 is 11.3 Å². The van der Waals surface area contributed by atoms with Crippen LogP contribution in [0.2, 0.25) is 0 Å². The van der Waals surface area contributed by atoms with E-state index in [0.717, 1.165) is 33.2 Å². The van der Waals surface area contributed by atoms with Crippen molar-refractivity contribution in [2.24, 2.45) is 0 Å². The fraction of sp³-hybridized carbons (Fsp3) is 0.263. The third-order valence-corrected chi connectivity index (χ3v) is 4.88. The highest BCUT2D eigenvalue weighted by Crippen LogP contribution is 2.27. The Morgan fingerprint density at radius 1 is 1.21 bits per heavy atom. The lowest BCUT2D eigenvalue weighted by molar-refractivity contribution is -0.121. The number of carbonyl (C=O) groups is 1. The summed E-state index contributed by atoms with van der Waals surface area (Å²) in [4.78, 5) is 16.9. The molecule has 0 aliphatic carbocycles. The van der Waals surface area contributed by atoms with E-state index in [9.17, 15) is 4.79 Å². The van der Waals surface area contributed by atoms with Gasteiger partial charge in [-0.3, -0.25) is 4.79 Å². The molecule has 4 nitrogen and oxygen atoms in total. The van der Waals surface area contributed by atoms with E-state index in [1.54, 1.807) is 11.3 Å². The molecule has 0 atom stereocenters. The summed E-state index contributed by atoms with van der Waals surface area (Å²) in [5, 5.41) is 6.10. The summed E-state index contributed by atoms with van der Waals surface area (Å²) in [5.41, 5.74) is 5.34. The number of benzene rings is 1. The molecule has 1 amide bonds. The molecule has 1 aromatic carbocycles. The maximum absolute atomic E-state index is 12.3. The smallest absolute Gasteiger partial charge is 0.240 e. The van der Waals surface area contributed by atoms with Crippen LogP contribution < -0.4 is 5.32 Å². The van der Waals surface area contributed by atoms with Crippen molar-refractivity contribution < 1.29 is 4.79 Å². The summed E-state index contributed by atoms with van der Waals surface area (Å²) in [6.45, 7) is 6.96. The van der Waals surface area contributed by atoms with Gasteiger partial charge in [-0.25, -0.2) is 4.98 Å². The summed E-state index contributed by atoms with van der Waals surface area (Å²) in [6, 6.07) is 12.0. The average Bonchev–Trinajstić information content (AvgIpc) is 3.12. The zero-order valence-electron chi connectivity index (χ0n) is 14.2. The van der Waals surface area contributed by atoms with Gasteiger partial charge in [0.25, 0.3) is 0 Å². The molecule has 3 rings (SSSR count). The molecule has 0 saturated heterocycles. The van der Waals surface area contributed by atoms with Crippen molar-refractivity contribution in [3.63, 3.8) is 0 Å². The number of carbonyl (C=O) groups excluding carboxylic acids is 1. The van der Waals surface area contributed by atoms with Crippen LogP contribution in [0.4, 0.5) is 0 Å². The molecule has 0 fully saturated rings. The molecule has 24 heavy (non-hydrogen) atoms. The van der Waals surface area contributed by atoms with Gasteiger partial charge >= 0.3 is 0 Å². The van der Waals surface area contributed by atoms with Gasteiger partial charge in [-0.15, -0.1) is 11.3 Å². The summed E-state index contributed by atoms with van der Waals surface area (Å²) in [7, 11) is 0. The fourth-order valence-corrected chi connectivity index (χ4v) is 3.40. The van der Waals surface area contributed by atoms with Gasteiger partial charge in [-0.2, -0.15) is 0 Å². The molecule has 0 aliphatic heterocycles. The van der Waals surface area contributed by atoms with Crippen LogP contribution in [0.5, 0.6) is 0 Å². The zero-order valence-corrected chi connectivity index (χ0v) is 15.0. The van der Waals surface area contributed by atoms with E-state index in [1.807, 2.05) is 55.7 Å². The zero-order chi connectivity index (χ0) is 17.1. The van der Waals surface area contributed by atoms with E-state index in [4.69, 9.17) is 0 Å². The molecule has 0 unspecified atom stereocenters. The van der Waals surface area contributed by atoms with Gasteiger partial charge in [0.2, 0.25) is 5.91 Å². The fourth-order valence-electron chi connectivity index (χ4n) is 2.79. The molecule has 3 aromatic rings. The Labute approximate surface area is 146 Å². The van der Waals surface area contributed by atoms with Crippen molar-refractivity contribution >= 4 is 17.2 Å². The number of hydrogen-bond acceptors (Lipinski definition) is 3. The number of thiazole rings is 1. The first kappa shape index (κ1) is 16.5. The van der Waals surface area contributed by atoms with Crippen LogP contribution in [-0.4, -0.2) is 15.5 Å². The molecule has 2 heterocycles. The number of aromatic nitrogens is 2. The Bertz CT molecular complexity index is 849. The molecule has 0 aliphatic rings. The van der Waals surface area contributed by atoms with E-state index in [2.05, 4.69) is 21.7 Å². The highest BCUT2D eigenvalue weighted by molar-refractivity contribution is 7.09. The molecule has 5 heteroatoms. The van der Waals surface area contributed by atoms with Gasteiger partial charge in [0.05, 0.1) is 10.7 Å². The van der Waals surface area contributed by atoms with E-state index in [0.29, 0.717) is 13.1 Å². The Balaban J connectivity index is 1.71. The summed E-state index contributed by atoms with van der Waals surface area (Å²) < 4.78 is 2.05. The van der Waals surface area contributed by atoms with Crippen molar-refractivity contribution in [2.75, 3.05) is 0 Å². The Kier molecular flexibility index (Phi) is 4.81. The Morgan fingerprint density at radius 3 is 2.62 bits per heavy atom. The summed E-state index contributed by atoms with van der Waals surface area (Å²) in [5.74, 6) is 0.0154. The highest BCUT2D eigenvalue weighted by Gasteiger charge is 2.15. The normalized spacial score (nSPS) is 10.8. The maximum atomic E-state index is 12.3. The second-order valence-corrected chi connectivity index (χ2v) is 6.95. The molecular weight excluding hydrogens is 318 g/mol. The van der Waals surface area contributed by atoms with Crippen LogP contribution in [0.15, 0.2) is 41.8 Å². The number of nitrogens with zero attached hydrogens (tertiary/aromatic N) is 2. The van der Waals surface area contributed by atoms with Gasteiger partial charge in [-0.1, -0.05) is 30.3 Å². The number of aryl methyl sites for hydroxylation is 2. The van der Waals surface area contributed by atoms with Crippen LogP contribution in [0.25, 0.3) is 11.3 Å². The van der Waals surface area contributed by atoms with Crippen LogP contribution in [0, 0.1) is 20.8 Å². The Morgan fingerprint density at radius 2 is 1.96 bits per heavy atom. The predicted molar refractivity (Wildman–Crippen MR) is 98.0 cm³/mol. The lowest BCUT2D eigenvalue weighted by Gasteiger charge is -2.10.